The van der Waals surface area contributed by atoms with E-state index in [9.17, 15) is 9.90 Å². The molecule has 4 aliphatic heterocycles. The van der Waals surface area contributed by atoms with Gasteiger partial charge in [-0.15, -0.1) is 0 Å². The predicted octanol–water partition coefficient (Wildman–Crippen LogP) is 2.57. The fourth-order valence-electron chi connectivity index (χ4n) is 5.88. The van der Waals surface area contributed by atoms with Crippen molar-refractivity contribution in [1.82, 2.24) is 9.88 Å². The number of ether oxygens (including phenoxy) is 1. The van der Waals surface area contributed by atoms with Crippen LogP contribution in [0.3, 0.4) is 0 Å². The van der Waals surface area contributed by atoms with Gasteiger partial charge in [0.25, 0.3) is 0 Å². The summed E-state index contributed by atoms with van der Waals surface area (Å²) in [4.78, 5) is 19.0. The fraction of sp³-hybridized carbons (Fsp3) is 0.476. The van der Waals surface area contributed by atoms with Crippen LogP contribution in [-0.4, -0.2) is 47.3 Å². The molecule has 1 aromatic carbocycles. The number of allylic oxidation sites excluding steroid dienone is 1. The second-order valence-corrected chi connectivity index (χ2v) is 7.81. The Morgan fingerprint density at radius 2 is 2.27 bits per heavy atom. The van der Waals surface area contributed by atoms with Crippen molar-refractivity contribution in [2.45, 2.75) is 31.8 Å². The van der Waals surface area contributed by atoms with E-state index in [0.29, 0.717) is 0 Å². The van der Waals surface area contributed by atoms with Crippen LogP contribution in [0.15, 0.2) is 35.9 Å². The molecule has 0 amide bonds. The third-order valence-corrected chi connectivity index (χ3v) is 7.06. The third kappa shape index (κ3) is 1.75. The number of nitrogens with one attached hydrogen (secondary N) is 1. The fourth-order valence-corrected chi connectivity index (χ4v) is 5.88. The predicted molar refractivity (Wildman–Crippen MR) is 98.6 cm³/mol. The summed E-state index contributed by atoms with van der Waals surface area (Å²) in [5.41, 5.74) is 4.12. The maximum Gasteiger partial charge on any atom is 0.316 e. The molecule has 4 aliphatic rings. The molecule has 3 fully saturated rings. The SMILES string of the molecule is C/C=C1\CN2[C@H]3Cc4c([nH]c5ccccc45)[C@@H]2C[C@H]1[C@@]3(CO)C(=O)OC. The van der Waals surface area contributed by atoms with Crippen molar-refractivity contribution < 1.29 is 14.6 Å². The Morgan fingerprint density at radius 3 is 3.00 bits per heavy atom. The van der Waals surface area contributed by atoms with E-state index in [4.69, 9.17) is 4.74 Å². The normalized spacial score (nSPS) is 36.3. The smallest absolute Gasteiger partial charge is 0.316 e. The lowest BCUT2D eigenvalue weighted by atomic mass is 9.55. The molecule has 5 heterocycles. The summed E-state index contributed by atoms with van der Waals surface area (Å²) in [6, 6.07) is 8.61. The van der Waals surface area contributed by atoms with Crippen LogP contribution in [0.1, 0.15) is 30.6 Å². The molecule has 3 saturated heterocycles. The number of hydrogen-bond donors (Lipinski definition) is 2. The minimum atomic E-state index is -0.874. The number of H-pyrrole nitrogens is 1. The number of piperidine rings is 3. The molecule has 1 aromatic heterocycles. The maximum absolute atomic E-state index is 12.9. The van der Waals surface area contributed by atoms with Crippen LogP contribution in [0.4, 0.5) is 0 Å². The van der Waals surface area contributed by atoms with Gasteiger partial charge in [-0.1, -0.05) is 29.8 Å². The van der Waals surface area contributed by atoms with Crippen molar-refractivity contribution in [2.75, 3.05) is 20.3 Å². The van der Waals surface area contributed by atoms with Crippen LogP contribution in [0.25, 0.3) is 10.9 Å². The molecule has 0 aliphatic carbocycles. The lowest BCUT2D eigenvalue weighted by Crippen LogP contribution is -2.69. The average Bonchev–Trinajstić information content (AvgIpc) is 3.06. The Bertz CT molecular complexity index is 930. The highest BCUT2D eigenvalue weighted by molar-refractivity contribution is 5.86. The van der Waals surface area contributed by atoms with Crippen molar-refractivity contribution in [3.8, 4) is 0 Å². The van der Waals surface area contributed by atoms with Crippen molar-refractivity contribution in [3.63, 3.8) is 0 Å². The van der Waals surface area contributed by atoms with E-state index < -0.39 is 5.41 Å². The summed E-state index contributed by atoms with van der Waals surface area (Å²) in [6.45, 7) is 2.72. The largest absolute Gasteiger partial charge is 0.468 e. The number of rotatable bonds is 2. The molecule has 0 radical (unpaired) electrons. The van der Waals surface area contributed by atoms with Gasteiger partial charge in [0.2, 0.25) is 0 Å². The van der Waals surface area contributed by atoms with Crippen LogP contribution in [0.2, 0.25) is 0 Å². The molecular formula is C21H24N2O3. The summed E-state index contributed by atoms with van der Waals surface area (Å²) in [5, 5.41) is 11.7. The third-order valence-electron chi connectivity index (χ3n) is 7.06. The van der Waals surface area contributed by atoms with Crippen molar-refractivity contribution >= 4 is 16.9 Å². The highest BCUT2D eigenvalue weighted by Gasteiger charge is 2.64. The van der Waals surface area contributed by atoms with Gasteiger partial charge >= 0.3 is 5.97 Å². The first-order valence-electron chi connectivity index (χ1n) is 9.35. The van der Waals surface area contributed by atoms with E-state index in [1.165, 1.54) is 29.3 Å². The average molecular weight is 352 g/mol. The van der Waals surface area contributed by atoms with Gasteiger partial charge in [0.05, 0.1) is 19.8 Å². The number of hydrogen-bond acceptors (Lipinski definition) is 4. The zero-order chi connectivity index (χ0) is 18.1. The second kappa shape index (κ2) is 5.44. The number of carbonyl (C=O) groups excluding carboxylic acids is 1. The van der Waals surface area contributed by atoms with E-state index >= 15 is 0 Å². The Kier molecular flexibility index (Phi) is 3.37. The van der Waals surface area contributed by atoms with Gasteiger partial charge in [0.15, 0.2) is 0 Å². The lowest BCUT2D eigenvalue weighted by Gasteiger charge is -2.62. The Hall–Kier alpha value is -2.11. The quantitative estimate of drug-likeness (QED) is 0.644. The molecule has 5 atom stereocenters. The summed E-state index contributed by atoms with van der Waals surface area (Å²) < 4.78 is 5.22. The molecule has 0 spiro atoms. The van der Waals surface area contributed by atoms with Gasteiger partial charge < -0.3 is 14.8 Å². The molecule has 6 rings (SSSR count). The monoisotopic (exact) mass is 352 g/mol. The standard InChI is InChI=1S/C21H24N2O3/c1-3-12-10-23-17-9-15(12)21(11-24,20(25)26-2)18(23)8-14-13-6-4-5-7-16(13)22-19(14)17/h3-7,15,17-18,22,24H,8-11H2,1-2H3/b12-3+/t15-,17+,18+,21-/m1/s1. The van der Waals surface area contributed by atoms with Gasteiger partial charge in [-0.25, -0.2) is 0 Å². The van der Waals surface area contributed by atoms with Gasteiger partial charge in [-0.2, -0.15) is 0 Å². The highest BCUT2D eigenvalue weighted by atomic mass is 16.5. The number of fused-ring (bicyclic) bond motifs is 4. The number of aromatic nitrogens is 1. The minimum Gasteiger partial charge on any atom is -0.468 e. The number of esters is 1. The summed E-state index contributed by atoms with van der Waals surface area (Å²) in [6.07, 6.45) is 3.72. The van der Waals surface area contributed by atoms with E-state index in [-0.39, 0.29) is 30.6 Å². The summed E-state index contributed by atoms with van der Waals surface area (Å²) >= 11 is 0. The molecule has 5 heteroatoms. The first kappa shape index (κ1) is 16.1. The van der Waals surface area contributed by atoms with Gasteiger partial charge in [0.1, 0.15) is 5.41 Å². The van der Waals surface area contributed by atoms with Crippen LogP contribution < -0.4 is 0 Å². The molecule has 2 N–H and O–H groups in total. The molecular weight excluding hydrogens is 328 g/mol. The van der Waals surface area contributed by atoms with Gasteiger partial charge in [-0.3, -0.25) is 9.69 Å². The first-order chi connectivity index (χ1) is 12.7. The minimum absolute atomic E-state index is 0.0286. The molecule has 2 aromatic rings. The number of methoxy groups -OCH3 is 1. The van der Waals surface area contributed by atoms with E-state index in [0.717, 1.165) is 24.9 Å². The summed E-state index contributed by atoms with van der Waals surface area (Å²) in [7, 11) is 1.43. The molecule has 136 valence electrons. The van der Waals surface area contributed by atoms with Crippen molar-refractivity contribution in [1.29, 1.82) is 0 Å². The number of aliphatic hydroxyl groups is 1. The van der Waals surface area contributed by atoms with E-state index in [2.05, 4.69) is 34.2 Å². The zero-order valence-electron chi connectivity index (χ0n) is 15.2. The highest BCUT2D eigenvalue weighted by Crippen LogP contribution is 2.59. The Balaban J connectivity index is 1.73. The summed E-state index contributed by atoms with van der Waals surface area (Å²) in [5.74, 6) is -0.245. The number of aliphatic hydroxyl groups excluding tert-OH is 1. The second-order valence-electron chi connectivity index (χ2n) is 7.81. The number of carbonyl (C=O) groups is 1. The number of nitrogens with zero attached hydrogens (tertiary/aromatic N) is 1. The Morgan fingerprint density at radius 1 is 1.46 bits per heavy atom. The number of benzene rings is 1. The maximum atomic E-state index is 12.9. The van der Waals surface area contributed by atoms with E-state index in [1.807, 2.05) is 13.0 Å². The molecule has 26 heavy (non-hydrogen) atoms. The number of aromatic amines is 1. The van der Waals surface area contributed by atoms with E-state index in [1.54, 1.807) is 0 Å². The first-order valence-corrected chi connectivity index (χ1v) is 9.35. The molecule has 1 unspecified atom stereocenters. The molecule has 0 saturated carbocycles. The van der Waals surface area contributed by atoms with Crippen LogP contribution >= 0.6 is 0 Å². The topological polar surface area (TPSA) is 65.6 Å². The van der Waals surface area contributed by atoms with Crippen molar-refractivity contribution in [2.24, 2.45) is 11.3 Å². The molecule has 4 bridgehead atoms. The van der Waals surface area contributed by atoms with Crippen LogP contribution in [0.5, 0.6) is 0 Å². The molecule has 5 nitrogen and oxygen atoms in total. The van der Waals surface area contributed by atoms with Gasteiger partial charge in [0, 0.05) is 35.1 Å². The van der Waals surface area contributed by atoms with Crippen molar-refractivity contribution in [3.05, 3.63) is 47.2 Å². The zero-order valence-corrected chi connectivity index (χ0v) is 15.2. The lowest BCUT2D eigenvalue weighted by molar-refractivity contribution is -0.183. The van der Waals surface area contributed by atoms with Crippen LogP contribution in [0, 0.1) is 11.3 Å². The number of para-hydroxylation sites is 1. The van der Waals surface area contributed by atoms with Crippen LogP contribution in [-0.2, 0) is 16.0 Å². The van der Waals surface area contributed by atoms with Gasteiger partial charge in [-0.05, 0) is 31.4 Å². The Labute approximate surface area is 152 Å².